The maximum absolute atomic E-state index is 12.2. The van der Waals surface area contributed by atoms with Gasteiger partial charge >= 0.3 is 5.97 Å². The van der Waals surface area contributed by atoms with Crippen molar-refractivity contribution >= 4 is 11.9 Å². The predicted octanol–water partition coefficient (Wildman–Crippen LogP) is 2.91. The van der Waals surface area contributed by atoms with Crippen LogP contribution in [0.2, 0.25) is 0 Å². The van der Waals surface area contributed by atoms with Crippen LogP contribution < -0.4 is 4.74 Å². The van der Waals surface area contributed by atoms with Crippen LogP contribution in [0.3, 0.4) is 0 Å². The minimum absolute atomic E-state index is 0.0481. The number of rotatable bonds is 7. The van der Waals surface area contributed by atoms with Gasteiger partial charge in [0, 0.05) is 13.6 Å². The number of hydrogen-bond donors (Lipinski definition) is 1. The number of carbonyl (C=O) groups is 2. The summed E-state index contributed by atoms with van der Waals surface area (Å²) in [6, 6.07) is 12.1. The molecule has 2 aromatic rings. The molecule has 2 aromatic carbocycles. The standard InChI is InChI=1S/C20H23NO5/c1-4-25-16-8-6-15(7-9-16)12-21(3)19(23)13-26-20(24)17-11-14(2)5-10-18(17)22/h5-11,22H,4,12-13H2,1-3H3. The molecule has 0 heterocycles. The molecule has 138 valence electrons. The molecule has 0 fully saturated rings. The van der Waals surface area contributed by atoms with E-state index in [2.05, 4.69) is 0 Å². The predicted molar refractivity (Wildman–Crippen MR) is 97.2 cm³/mol. The molecule has 0 spiro atoms. The number of likely N-dealkylation sites (N-methyl/N-ethyl adjacent to an activating group) is 1. The van der Waals surface area contributed by atoms with E-state index in [0.29, 0.717) is 13.2 Å². The van der Waals surface area contributed by atoms with Gasteiger partial charge in [0.25, 0.3) is 5.91 Å². The van der Waals surface area contributed by atoms with E-state index in [1.165, 1.54) is 17.0 Å². The van der Waals surface area contributed by atoms with Crippen LogP contribution in [0.15, 0.2) is 42.5 Å². The highest BCUT2D eigenvalue weighted by Gasteiger charge is 2.16. The summed E-state index contributed by atoms with van der Waals surface area (Å²) in [5.74, 6) is -0.457. The Morgan fingerprint density at radius 1 is 1.12 bits per heavy atom. The molecule has 0 aromatic heterocycles. The van der Waals surface area contributed by atoms with Crippen LogP contribution in [0, 0.1) is 6.92 Å². The van der Waals surface area contributed by atoms with Gasteiger partial charge in [-0.1, -0.05) is 23.8 Å². The zero-order chi connectivity index (χ0) is 19.1. The fraction of sp³-hybridized carbons (Fsp3) is 0.300. The maximum atomic E-state index is 12.2. The molecule has 0 atom stereocenters. The van der Waals surface area contributed by atoms with Crippen LogP contribution in [0.25, 0.3) is 0 Å². The lowest BCUT2D eigenvalue weighted by Crippen LogP contribution is -2.30. The van der Waals surface area contributed by atoms with E-state index in [1.54, 1.807) is 20.0 Å². The number of nitrogens with zero attached hydrogens (tertiary/aromatic N) is 1. The fourth-order valence-corrected chi connectivity index (χ4v) is 2.35. The third-order valence-corrected chi connectivity index (χ3v) is 3.78. The first-order valence-corrected chi connectivity index (χ1v) is 8.33. The second kappa shape index (κ2) is 8.89. The van der Waals surface area contributed by atoms with Crippen LogP contribution in [0.5, 0.6) is 11.5 Å². The van der Waals surface area contributed by atoms with Crippen molar-refractivity contribution in [1.29, 1.82) is 0 Å². The van der Waals surface area contributed by atoms with Crippen molar-refractivity contribution in [3.8, 4) is 11.5 Å². The summed E-state index contributed by atoms with van der Waals surface area (Å²) in [5, 5.41) is 9.73. The van der Waals surface area contributed by atoms with Crippen molar-refractivity contribution in [3.63, 3.8) is 0 Å². The first-order valence-electron chi connectivity index (χ1n) is 8.33. The van der Waals surface area contributed by atoms with E-state index in [0.717, 1.165) is 16.9 Å². The Morgan fingerprint density at radius 3 is 2.46 bits per heavy atom. The van der Waals surface area contributed by atoms with E-state index < -0.39 is 5.97 Å². The molecule has 0 aliphatic heterocycles. The highest BCUT2D eigenvalue weighted by Crippen LogP contribution is 2.19. The number of benzene rings is 2. The number of esters is 1. The van der Waals surface area contributed by atoms with Crippen molar-refractivity contribution in [2.75, 3.05) is 20.3 Å². The highest BCUT2D eigenvalue weighted by atomic mass is 16.5. The Kier molecular flexibility index (Phi) is 6.60. The molecule has 1 N–H and O–H groups in total. The summed E-state index contributed by atoms with van der Waals surface area (Å²) in [6.07, 6.45) is 0. The summed E-state index contributed by atoms with van der Waals surface area (Å²) < 4.78 is 10.4. The second-order valence-corrected chi connectivity index (χ2v) is 5.92. The normalized spacial score (nSPS) is 10.3. The van der Waals surface area contributed by atoms with Crippen molar-refractivity contribution in [2.24, 2.45) is 0 Å². The summed E-state index contributed by atoms with van der Waals surface area (Å²) in [7, 11) is 1.64. The molecule has 0 aliphatic carbocycles. The molecular formula is C20H23NO5. The molecular weight excluding hydrogens is 334 g/mol. The topological polar surface area (TPSA) is 76.1 Å². The van der Waals surface area contributed by atoms with E-state index in [4.69, 9.17) is 9.47 Å². The lowest BCUT2D eigenvalue weighted by Gasteiger charge is -2.17. The molecule has 0 bridgehead atoms. The van der Waals surface area contributed by atoms with Crippen molar-refractivity contribution in [1.82, 2.24) is 4.90 Å². The van der Waals surface area contributed by atoms with Crippen molar-refractivity contribution in [3.05, 3.63) is 59.2 Å². The molecule has 26 heavy (non-hydrogen) atoms. The second-order valence-electron chi connectivity index (χ2n) is 5.92. The van der Waals surface area contributed by atoms with Crippen LogP contribution in [-0.2, 0) is 16.1 Å². The molecule has 6 heteroatoms. The Bertz CT molecular complexity index is 770. The summed E-state index contributed by atoms with van der Waals surface area (Å²) in [5.41, 5.74) is 1.80. The number of phenolic OH excluding ortho intramolecular Hbond substituents is 1. The third-order valence-electron chi connectivity index (χ3n) is 3.78. The summed E-state index contributed by atoms with van der Waals surface area (Å²) in [4.78, 5) is 25.7. The summed E-state index contributed by atoms with van der Waals surface area (Å²) >= 11 is 0. The minimum Gasteiger partial charge on any atom is -0.507 e. The smallest absolute Gasteiger partial charge is 0.342 e. The lowest BCUT2D eigenvalue weighted by molar-refractivity contribution is -0.133. The van der Waals surface area contributed by atoms with Crippen LogP contribution in [0.4, 0.5) is 0 Å². The van der Waals surface area contributed by atoms with E-state index >= 15 is 0 Å². The van der Waals surface area contributed by atoms with Gasteiger partial charge < -0.3 is 19.5 Å². The van der Waals surface area contributed by atoms with Crippen LogP contribution >= 0.6 is 0 Å². The third kappa shape index (κ3) is 5.24. The van der Waals surface area contributed by atoms with Gasteiger partial charge in [-0.15, -0.1) is 0 Å². The SMILES string of the molecule is CCOc1ccc(CN(C)C(=O)COC(=O)c2cc(C)ccc2O)cc1. The zero-order valence-corrected chi connectivity index (χ0v) is 15.2. The molecule has 0 radical (unpaired) electrons. The van der Waals surface area contributed by atoms with Crippen molar-refractivity contribution < 1.29 is 24.2 Å². The van der Waals surface area contributed by atoms with Gasteiger partial charge in [-0.3, -0.25) is 4.79 Å². The molecule has 0 unspecified atom stereocenters. The minimum atomic E-state index is -0.728. The Morgan fingerprint density at radius 2 is 1.81 bits per heavy atom. The van der Waals surface area contributed by atoms with Gasteiger partial charge in [0.15, 0.2) is 6.61 Å². The average Bonchev–Trinajstić information content (AvgIpc) is 2.63. The first-order chi connectivity index (χ1) is 12.4. The number of aryl methyl sites for hydroxylation is 1. The quantitative estimate of drug-likeness (QED) is 0.771. The average molecular weight is 357 g/mol. The number of phenols is 1. The number of hydrogen-bond acceptors (Lipinski definition) is 5. The molecule has 1 amide bonds. The molecule has 6 nitrogen and oxygen atoms in total. The van der Waals surface area contributed by atoms with Gasteiger partial charge in [-0.05, 0) is 43.7 Å². The van der Waals surface area contributed by atoms with E-state index in [1.807, 2.05) is 31.2 Å². The highest BCUT2D eigenvalue weighted by molar-refractivity contribution is 5.94. The monoisotopic (exact) mass is 357 g/mol. The van der Waals surface area contributed by atoms with Gasteiger partial charge in [0.1, 0.15) is 17.1 Å². The van der Waals surface area contributed by atoms with Gasteiger partial charge in [0.2, 0.25) is 0 Å². The molecule has 2 rings (SSSR count). The largest absolute Gasteiger partial charge is 0.507 e. The summed E-state index contributed by atoms with van der Waals surface area (Å²) in [6.45, 7) is 4.31. The fourth-order valence-electron chi connectivity index (χ4n) is 2.35. The molecule has 0 saturated carbocycles. The van der Waals surface area contributed by atoms with Crippen molar-refractivity contribution in [2.45, 2.75) is 20.4 Å². The van der Waals surface area contributed by atoms with Gasteiger partial charge in [-0.2, -0.15) is 0 Å². The first kappa shape index (κ1) is 19.3. The zero-order valence-electron chi connectivity index (χ0n) is 15.2. The molecule has 0 saturated heterocycles. The Balaban J connectivity index is 1.88. The van der Waals surface area contributed by atoms with E-state index in [-0.39, 0.29) is 23.8 Å². The van der Waals surface area contributed by atoms with Gasteiger partial charge in [0.05, 0.1) is 6.61 Å². The number of aromatic hydroxyl groups is 1. The number of ether oxygens (including phenoxy) is 2. The van der Waals surface area contributed by atoms with Crippen LogP contribution in [-0.4, -0.2) is 42.1 Å². The Labute approximate surface area is 153 Å². The Hall–Kier alpha value is -3.02. The van der Waals surface area contributed by atoms with Gasteiger partial charge in [-0.25, -0.2) is 4.79 Å². The maximum Gasteiger partial charge on any atom is 0.342 e. The number of carbonyl (C=O) groups excluding carboxylic acids is 2. The molecule has 0 aliphatic rings. The van der Waals surface area contributed by atoms with Crippen LogP contribution in [0.1, 0.15) is 28.4 Å². The lowest BCUT2D eigenvalue weighted by atomic mass is 10.1. The van der Waals surface area contributed by atoms with E-state index in [9.17, 15) is 14.7 Å². The number of amides is 1.